The van der Waals surface area contributed by atoms with E-state index < -0.39 is 5.91 Å². The lowest BCUT2D eigenvalue weighted by Gasteiger charge is -2.11. The number of nitrogens with one attached hydrogen (secondary N) is 1. The van der Waals surface area contributed by atoms with Crippen molar-refractivity contribution in [3.05, 3.63) is 83.8 Å². The molecule has 4 rings (SSSR count). The summed E-state index contributed by atoms with van der Waals surface area (Å²) in [6.07, 6.45) is 3.35. The molecule has 0 spiro atoms. The number of imide groups is 1. The maximum absolute atomic E-state index is 12.0. The van der Waals surface area contributed by atoms with E-state index in [1.54, 1.807) is 24.5 Å². The van der Waals surface area contributed by atoms with Gasteiger partial charge < -0.3 is 9.67 Å². The smallest absolute Gasteiger partial charge is 0.254 e. The van der Waals surface area contributed by atoms with Crippen molar-refractivity contribution in [2.75, 3.05) is 0 Å². The molecular formula is C21H17N3O3. The van der Waals surface area contributed by atoms with E-state index >= 15 is 0 Å². The van der Waals surface area contributed by atoms with Crippen LogP contribution in [0.3, 0.4) is 0 Å². The van der Waals surface area contributed by atoms with E-state index in [9.17, 15) is 14.7 Å². The van der Waals surface area contributed by atoms with Gasteiger partial charge >= 0.3 is 0 Å². The molecule has 0 aliphatic carbocycles. The van der Waals surface area contributed by atoms with Crippen molar-refractivity contribution >= 4 is 11.8 Å². The maximum Gasteiger partial charge on any atom is 0.254 e. The van der Waals surface area contributed by atoms with Gasteiger partial charge in [-0.3, -0.25) is 14.9 Å². The van der Waals surface area contributed by atoms with Crippen LogP contribution in [0, 0.1) is 0 Å². The van der Waals surface area contributed by atoms with E-state index in [1.807, 2.05) is 41.0 Å². The number of imidazole rings is 1. The molecular weight excluding hydrogens is 342 g/mol. The van der Waals surface area contributed by atoms with Crippen LogP contribution in [-0.2, 0) is 22.6 Å². The Labute approximate surface area is 155 Å². The average molecular weight is 359 g/mol. The molecule has 1 aliphatic rings. The van der Waals surface area contributed by atoms with Gasteiger partial charge in [0.25, 0.3) is 11.8 Å². The van der Waals surface area contributed by atoms with Crippen molar-refractivity contribution in [1.29, 1.82) is 0 Å². The summed E-state index contributed by atoms with van der Waals surface area (Å²) in [5.41, 5.74) is 3.86. The van der Waals surface area contributed by atoms with Crippen LogP contribution >= 0.6 is 0 Å². The normalized spacial score (nSPS) is 13.6. The van der Waals surface area contributed by atoms with Crippen LogP contribution in [0.2, 0.25) is 0 Å². The topological polar surface area (TPSA) is 84.2 Å². The van der Waals surface area contributed by atoms with Gasteiger partial charge in [0.05, 0.1) is 17.7 Å². The number of phenols is 1. The molecule has 2 heterocycles. The zero-order valence-electron chi connectivity index (χ0n) is 14.4. The number of benzene rings is 2. The molecule has 27 heavy (non-hydrogen) atoms. The Balaban J connectivity index is 1.75. The summed E-state index contributed by atoms with van der Waals surface area (Å²) in [6.45, 7) is 0.492. The lowest BCUT2D eigenvalue weighted by molar-refractivity contribution is -0.123. The Kier molecular flexibility index (Phi) is 4.30. The minimum Gasteiger partial charge on any atom is -0.508 e. The van der Waals surface area contributed by atoms with Crippen molar-refractivity contribution in [2.24, 2.45) is 0 Å². The number of carbonyl (C=O) groups excluding carboxylic acids is 2. The van der Waals surface area contributed by atoms with Crippen molar-refractivity contribution in [3.63, 3.8) is 0 Å². The largest absolute Gasteiger partial charge is 0.508 e. The summed E-state index contributed by atoms with van der Waals surface area (Å²) in [5.74, 6) is -0.569. The molecule has 6 nitrogen and oxygen atoms in total. The van der Waals surface area contributed by atoms with Gasteiger partial charge in [0, 0.05) is 30.2 Å². The molecule has 1 aromatic heterocycles. The summed E-state index contributed by atoms with van der Waals surface area (Å²) in [6, 6.07) is 16.7. The molecule has 0 atom stereocenters. The Morgan fingerprint density at radius 1 is 1.04 bits per heavy atom. The van der Waals surface area contributed by atoms with Crippen LogP contribution in [-0.4, -0.2) is 26.5 Å². The Morgan fingerprint density at radius 3 is 2.56 bits per heavy atom. The van der Waals surface area contributed by atoms with E-state index in [0.29, 0.717) is 18.5 Å². The first-order valence-corrected chi connectivity index (χ1v) is 8.53. The van der Waals surface area contributed by atoms with Crippen LogP contribution in [0.15, 0.2) is 72.6 Å². The summed E-state index contributed by atoms with van der Waals surface area (Å²) < 4.78 is 1.94. The molecule has 0 unspecified atom stereocenters. The van der Waals surface area contributed by atoms with Crippen molar-refractivity contribution in [3.8, 4) is 17.0 Å². The number of nitrogens with zero attached hydrogens (tertiary/aromatic N) is 2. The van der Waals surface area contributed by atoms with Crippen LogP contribution in [0.5, 0.6) is 5.75 Å². The van der Waals surface area contributed by atoms with E-state index in [1.165, 1.54) is 6.08 Å². The van der Waals surface area contributed by atoms with Crippen LogP contribution < -0.4 is 5.32 Å². The second kappa shape index (κ2) is 6.92. The number of amides is 2. The Hall–Kier alpha value is -3.67. The SMILES string of the molecule is O=C1C=C(Cc2c(-c3ccccc3)ncn2Cc2cccc(O)c2)C(=O)N1. The lowest BCUT2D eigenvalue weighted by Crippen LogP contribution is -2.23. The van der Waals surface area contributed by atoms with Gasteiger partial charge in [0.15, 0.2) is 0 Å². The van der Waals surface area contributed by atoms with Gasteiger partial charge in [-0.25, -0.2) is 4.98 Å². The molecule has 2 amide bonds. The maximum atomic E-state index is 12.0. The minimum absolute atomic E-state index is 0.195. The number of rotatable bonds is 5. The predicted molar refractivity (Wildman–Crippen MR) is 99.8 cm³/mol. The summed E-state index contributed by atoms with van der Waals surface area (Å²) in [5, 5.41) is 12.0. The van der Waals surface area contributed by atoms with Gasteiger partial charge in [-0.15, -0.1) is 0 Å². The van der Waals surface area contributed by atoms with Crippen molar-refractivity contribution in [2.45, 2.75) is 13.0 Å². The molecule has 2 N–H and O–H groups in total. The highest BCUT2D eigenvalue weighted by molar-refractivity contribution is 6.16. The minimum atomic E-state index is -0.393. The van der Waals surface area contributed by atoms with E-state index in [-0.39, 0.29) is 11.7 Å². The van der Waals surface area contributed by atoms with Gasteiger partial charge in [-0.05, 0) is 17.7 Å². The van der Waals surface area contributed by atoms with E-state index in [2.05, 4.69) is 10.3 Å². The second-order valence-electron chi connectivity index (χ2n) is 6.37. The molecule has 1 aliphatic heterocycles. The Bertz CT molecular complexity index is 1050. The van der Waals surface area contributed by atoms with Crippen molar-refractivity contribution < 1.29 is 14.7 Å². The predicted octanol–water partition coefficient (Wildman–Crippen LogP) is 2.43. The third-order valence-electron chi connectivity index (χ3n) is 4.45. The van der Waals surface area contributed by atoms with Crippen LogP contribution in [0.4, 0.5) is 0 Å². The second-order valence-corrected chi connectivity index (χ2v) is 6.37. The fourth-order valence-corrected chi connectivity index (χ4v) is 3.18. The highest BCUT2D eigenvalue weighted by Gasteiger charge is 2.24. The van der Waals surface area contributed by atoms with Gasteiger partial charge in [0.2, 0.25) is 0 Å². The van der Waals surface area contributed by atoms with Crippen LogP contribution in [0.1, 0.15) is 11.3 Å². The highest BCUT2D eigenvalue weighted by atomic mass is 16.3. The third kappa shape index (κ3) is 3.50. The number of carbonyl (C=O) groups is 2. The summed E-state index contributed by atoms with van der Waals surface area (Å²) in [7, 11) is 0. The molecule has 3 aromatic rings. The number of hydrogen-bond donors (Lipinski definition) is 2. The summed E-state index contributed by atoms with van der Waals surface area (Å²) >= 11 is 0. The molecule has 2 aromatic carbocycles. The molecule has 0 radical (unpaired) electrons. The highest BCUT2D eigenvalue weighted by Crippen LogP contribution is 2.26. The first-order valence-electron chi connectivity index (χ1n) is 8.53. The molecule has 134 valence electrons. The number of aromatic nitrogens is 2. The zero-order chi connectivity index (χ0) is 18.8. The standard InChI is InChI=1S/C21H17N3O3/c25-17-8-4-5-14(9-17)12-24-13-22-20(15-6-2-1-3-7-15)18(24)10-16-11-19(26)23-21(16)27/h1-9,11,13,25H,10,12H2,(H,23,26,27). The van der Waals surface area contributed by atoms with Gasteiger partial charge in [0.1, 0.15) is 5.75 Å². The van der Waals surface area contributed by atoms with Crippen molar-refractivity contribution in [1.82, 2.24) is 14.9 Å². The Morgan fingerprint density at radius 2 is 1.85 bits per heavy atom. The molecule has 0 saturated carbocycles. The van der Waals surface area contributed by atoms with Crippen LogP contribution in [0.25, 0.3) is 11.3 Å². The molecule has 0 bridgehead atoms. The lowest BCUT2D eigenvalue weighted by atomic mass is 10.0. The third-order valence-corrected chi connectivity index (χ3v) is 4.45. The number of phenolic OH excluding ortho intramolecular Hbond substituents is 1. The fourth-order valence-electron chi connectivity index (χ4n) is 3.18. The number of hydrogen-bond acceptors (Lipinski definition) is 4. The first-order chi connectivity index (χ1) is 13.1. The zero-order valence-corrected chi connectivity index (χ0v) is 14.4. The number of aromatic hydroxyl groups is 1. The fraction of sp³-hybridized carbons (Fsp3) is 0.0952. The molecule has 0 saturated heterocycles. The van der Waals surface area contributed by atoms with Gasteiger partial charge in [-0.1, -0.05) is 42.5 Å². The quantitative estimate of drug-likeness (QED) is 0.685. The van der Waals surface area contributed by atoms with Gasteiger partial charge in [-0.2, -0.15) is 0 Å². The van der Waals surface area contributed by atoms with E-state index in [0.717, 1.165) is 22.5 Å². The monoisotopic (exact) mass is 359 g/mol. The first kappa shape index (κ1) is 16.8. The molecule has 6 heteroatoms. The summed E-state index contributed by atoms with van der Waals surface area (Å²) in [4.78, 5) is 28.1. The average Bonchev–Trinajstić information content (AvgIpc) is 3.19. The van der Waals surface area contributed by atoms with E-state index in [4.69, 9.17) is 0 Å². The molecule has 0 fully saturated rings.